The van der Waals surface area contributed by atoms with Crippen molar-refractivity contribution in [2.24, 2.45) is 12.5 Å². The molecule has 2 aromatic heterocycles. The fourth-order valence-electron chi connectivity index (χ4n) is 4.28. The van der Waals surface area contributed by atoms with E-state index in [1.165, 1.54) is 19.3 Å². The van der Waals surface area contributed by atoms with Gasteiger partial charge in [-0.25, -0.2) is 0 Å². The molecule has 2 fully saturated rings. The highest BCUT2D eigenvalue weighted by Crippen LogP contribution is 2.49. The average Bonchev–Trinajstić information content (AvgIpc) is 3.07. The molecular weight excluding hydrogens is 312 g/mol. The van der Waals surface area contributed by atoms with E-state index in [9.17, 15) is 4.79 Å². The first-order valence-electron chi connectivity index (χ1n) is 9.20. The van der Waals surface area contributed by atoms with Crippen LogP contribution in [0, 0.1) is 5.41 Å². The van der Waals surface area contributed by atoms with Gasteiger partial charge in [0, 0.05) is 38.2 Å². The van der Waals surface area contributed by atoms with E-state index in [0.717, 1.165) is 37.3 Å². The number of rotatable bonds is 4. The third kappa shape index (κ3) is 3.33. The van der Waals surface area contributed by atoms with E-state index in [2.05, 4.69) is 27.3 Å². The van der Waals surface area contributed by atoms with Crippen molar-refractivity contribution in [1.82, 2.24) is 19.8 Å². The second-order valence-electron chi connectivity index (χ2n) is 7.59. The summed E-state index contributed by atoms with van der Waals surface area (Å²) in [7, 11) is 1.94. The second kappa shape index (κ2) is 6.64. The predicted molar refractivity (Wildman–Crippen MR) is 97.1 cm³/mol. The molecule has 5 nitrogen and oxygen atoms in total. The molecule has 25 heavy (non-hydrogen) atoms. The number of pyridine rings is 1. The number of piperidine rings is 1. The Bertz CT molecular complexity index is 731. The monoisotopic (exact) mass is 338 g/mol. The summed E-state index contributed by atoms with van der Waals surface area (Å²) in [6.45, 7) is 3.11. The Morgan fingerprint density at radius 3 is 2.72 bits per heavy atom. The molecule has 3 heterocycles. The van der Waals surface area contributed by atoms with Crippen LogP contribution >= 0.6 is 0 Å². The van der Waals surface area contributed by atoms with E-state index in [1.54, 1.807) is 0 Å². The minimum absolute atomic E-state index is 0.0700. The minimum Gasteiger partial charge on any atom is -0.356 e. The van der Waals surface area contributed by atoms with Gasteiger partial charge in [0.25, 0.3) is 5.91 Å². The van der Waals surface area contributed by atoms with Crippen molar-refractivity contribution in [2.75, 3.05) is 13.1 Å². The molecular formula is C20H26N4O. The zero-order chi connectivity index (χ0) is 17.3. The van der Waals surface area contributed by atoms with Crippen LogP contribution in [0.25, 0.3) is 0 Å². The summed E-state index contributed by atoms with van der Waals surface area (Å²) in [4.78, 5) is 19.4. The summed E-state index contributed by atoms with van der Waals surface area (Å²) in [6, 6.07) is 8.32. The van der Waals surface area contributed by atoms with Gasteiger partial charge in [-0.15, -0.1) is 0 Å². The number of amides is 1. The number of hydrogen-bond donors (Lipinski definition) is 1. The van der Waals surface area contributed by atoms with Crippen molar-refractivity contribution >= 4 is 5.91 Å². The summed E-state index contributed by atoms with van der Waals surface area (Å²) in [5.74, 6) is 0.0700. The summed E-state index contributed by atoms with van der Waals surface area (Å²) < 4.78 is 1.92. The van der Waals surface area contributed by atoms with Gasteiger partial charge in [0.2, 0.25) is 0 Å². The van der Waals surface area contributed by atoms with E-state index >= 15 is 0 Å². The van der Waals surface area contributed by atoms with E-state index < -0.39 is 0 Å². The molecule has 4 rings (SSSR count). The molecule has 0 bridgehead atoms. The molecule has 1 aliphatic heterocycles. The first-order chi connectivity index (χ1) is 12.1. The summed E-state index contributed by atoms with van der Waals surface area (Å²) in [5.41, 5.74) is 2.21. The molecule has 1 spiro atoms. The number of aryl methyl sites for hydroxylation is 1. The van der Waals surface area contributed by atoms with Gasteiger partial charge in [-0.05, 0) is 62.4 Å². The van der Waals surface area contributed by atoms with Crippen LogP contribution in [0.15, 0.2) is 42.9 Å². The zero-order valence-electron chi connectivity index (χ0n) is 14.8. The van der Waals surface area contributed by atoms with Crippen LogP contribution in [-0.2, 0) is 13.6 Å². The highest BCUT2D eigenvalue weighted by Gasteiger charge is 2.48. The van der Waals surface area contributed by atoms with Gasteiger partial charge in [-0.1, -0.05) is 6.07 Å². The first-order valence-corrected chi connectivity index (χ1v) is 9.20. The van der Waals surface area contributed by atoms with E-state index in [1.807, 2.05) is 42.3 Å². The standard InChI is InChI=1S/C20H26N4O/c1-23-11-6-16(14-23)19(25)22-18-5-7-20(18)8-12-24(13-9-20)15-17-4-2-3-10-21-17/h2-4,6,10-11,14,18H,5,7-9,12-13,15H2,1H3,(H,22,25). The van der Waals surface area contributed by atoms with E-state index in [0.29, 0.717) is 11.5 Å². The van der Waals surface area contributed by atoms with Crippen LogP contribution in [0.4, 0.5) is 0 Å². The molecule has 2 aromatic rings. The molecule has 1 N–H and O–H groups in total. The Morgan fingerprint density at radius 2 is 2.12 bits per heavy atom. The van der Waals surface area contributed by atoms with Crippen LogP contribution in [0.3, 0.4) is 0 Å². The molecule has 1 unspecified atom stereocenters. The topological polar surface area (TPSA) is 50.2 Å². The Balaban J connectivity index is 1.32. The van der Waals surface area contributed by atoms with Crippen LogP contribution in [0.1, 0.15) is 41.7 Å². The molecule has 1 amide bonds. The maximum atomic E-state index is 12.4. The molecule has 1 saturated carbocycles. The average molecular weight is 338 g/mol. The fourth-order valence-corrected chi connectivity index (χ4v) is 4.28. The van der Waals surface area contributed by atoms with Gasteiger partial charge >= 0.3 is 0 Å². The minimum atomic E-state index is 0.0700. The quantitative estimate of drug-likeness (QED) is 0.932. The Morgan fingerprint density at radius 1 is 1.28 bits per heavy atom. The van der Waals surface area contributed by atoms with E-state index in [-0.39, 0.29) is 5.91 Å². The molecule has 1 saturated heterocycles. The molecule has 0 aromatic carbocycles. The summed E-state index contributed by atoms with van der Waals surface area (Å²) >= 11 is 0. The number of carbonyl (C=O) groups excluding carboxylic acids is 1. The van der Waals surface area contributed by atoms with Crippen molar-refractivity contribution in [3.8, 4) is 0 Å². The number of likely N-dealkylation sites (tertiary alicyclic amines) is 1. The second-order valence-corrected chi connectivity index (χ2v) is 7.59. The van der Waals surface area contributed by atoms with Gasteiger partial charge in [-0.3, -0.25) is 14.7 Å². The Hall–Kier alpha value is -2.14. The maximum Gasteiger partial charge on any atom is 0.253 e. The number of hydrogen-bond acceptors (Lipinski definition) is 3. The Kier molecular flexibility index (Phi) is 4.34. The third-order valence-corrected chi connectivity index (χ3v) is 6.03. The van der Waals surface area contributed by atoms with Crippen molar-refractivity contribution in [2.45, 2.75) is 38.3 Å². The lowest BCUT2D eigenvalue weighted by molar-refractivity contribution is -0.00737. The summed E-state index contributed by atoms with van der Waals surface area (Å²) in [5, 5.41) is 3.29. The van der Waals surface area contributed by atoms with Crippen LogP contribution in [0.2, 0.25) is 0 Å². The van der Waals surface area contributed by atoms with Gasteiger partial charge in [0.15, 0.2) is 0 Å². The predicted octanol–water partition coefficient (Wildman–Crippen LogP) is 2.59. The number of nitrogens with zero attached hydrogens (tertiary/aromatic N) is 3. The smallest absolute Gasteiger partial charge is 0.253 e. The van der Waals surface area contributed by atoms with Crippen molar-refractivity contribution in [3.63, 3.8) is 0 Å². The van der Waals surface area contributed by atoms with Crippen molar-refractivity contribution < 1.29 is 4.79 Å². The zero-order valence-corrected chi connectivity index (χ0v) is 14.8. The maximum absolute atomic E-state index is 12.4. The lowest BCUT2D eigenvalue weighted by atomic mass is 9.59. The highest BCUT2D eigenvalue weighted by molar-refractivity contribution is 5.94. The van der Waals surface area contributed by atoms with Crippen molar-refractivity contribution in [1.29, 1.82) is 0 Å². The van der Waals surface area contributed by atoms with Crippen LogP contribution in [0.5, 0.6) is 0 Å². The highest BCUT2D eigenvalue weighted by atomic mass is 16.1. The van der Waals surface area contributed by atoms with E-state index in [4.69, 9.17) is 0 Å². The number of carbonyl (C=O) groups is 1. The molecule has 1 aliphatic carbocycles. The van der Waals surface area contributed by atoms with Gasteiger partial charge in [0.05, 0.1) is 11.3 Å². The fraction of sp³-hybridized carbons (Fsp3) is 0.500. The normalized spacial score (nSPS) is 22.5. The molecule has 5 heteroatoms. The number of nitrogens with one attached hydrogen (secondary N) is 1. The molecule has 132 valence electrons. The third-order valence-electron chi connectivity index (χ3n) is 6.03. The first kappa shape index (κ1) is 16.3. The lowest BCUT2D eigenvalue weighted by Gasteiger charge is -2.54. The SMILES string of the molecule is Cn1ccc(C(=O)NC2CCC23CCN(Cc2ccccn2)CC3)c1. The lowest BCUT2D eigenvalue weighted by Crippen LogP contribution is -2.59. The Labute approximate surface area is 149 Å². The number of aromatic nitrogens is 2. The van der Waals surface area contributed by atoms with Crippen LogP contribution < -0.4 is 5.32 Å². The molecule has 2 aliphatic rings. The van der Waals surface area contributed by atoms with Crippen molar-refractivity contribution in [3.05, 3.63) is 54.1 Å². The summed E-state index contributed by atoms with van der Waals surface area (Å²) in [6.07, 6.45) is 10.3. The molecule has 0 radical (unpaired) electrons. The van der Waals surface area contributed by atoms with Gasteiger partial charge in [-0.2, -0.15) is 0 Å². The molecule has 1 atom stereocenters. The van der Waals surface area contributed by atoms with Gasteiger partial charge in [0.1, 0.15) is 0 Å². The van der Waals surface area contributed by atoms with Crippen LogP contribution in [-0.4, -0.2) is 39.5 Å². The van der Waals surface area contributed by atoms with Gasteiger partial charge < -0.3 is 9.88 Å². The largest absolute Gasteiger partial charge is 0.356 e.